The lowest BCUT2D eigenvalue weighted by Crippen LogP contribution is -2.32. The third-order valence-corrected chi connectivity index (χ3v) is 6.10. The molecule has 2 aromatic rings. The summed E-state index contributed by atoms with van der Waals surface area (Å²) in [4.78, 5) is 14.2. The van der Waals surface area contributed by atoms with Gasteiger partial charge in [-0.3, -0.25) is 9.52 Å². The number of sulfonamides is 1. The van der Waals surface area contributed by atoms with Gasteiger partial charge in [0.05, 0.1) is 9.92 Å². The molecular formula is C19H20ClFN2O3S. The van der Waals surface area contributed by atoms with Crippen molar-refractivity contribution in [1.29, 1.82) is 0 Å². The Morgan fingerprint density at radius 3 is 2.44 bits per heavy atom. The number of rotatable bonds is 7. The summed E-state index contributed by atoms with van der Waals surface area (Å²) in [6.07, 6.45) is 2.33. The van der Waals surface area contributed by atoms with E-state index in [4.69, 9.17) is 11.6 Å². The van der Waals surface area contributed by atoms with E-state index in [1.807, 2.05) is 6.92 Å². The monoisotopic (exact) mass is 410 g/mol. The zero-order chi connectivity index (χ0) is 19.6. The minimum atomic E-state index is -3.91. The molecule has 0 unspecified atom stereocenters. The van der Waals surface area contributed by atoms with Crippen molar-refractivity contribution in [2.75, 3.05) is 17.8 Å². The predicted octanol–water partition coefficient (Wildman–Crippen LogP) is 4.15. The summed E-state index contributed by atoms with van der Waals surface area (Å²) >= 11 is 5.65. The van der Waals surface area contributed by atoms with Crippen LogP contribution >= 0.6 is 11.6 Å². The van der Waals surface area contributed by atoms with Crippen LogP contribution in [0.2, 0.25) is 5.02 Å². The molecule has 3 rings (SSSR count). The normalized spacial score (nSPS) is 14.0. The number of halogens is 2. The van der Waals surface area contributed by atoms with Gasteiger partial charge < -0.3 is 4.90 Å². The summed E-state index contributed by atoms with van der Waals surface area (Å²) in [7, 11) is -3.91. The molecule has 5 nitrogen and oxygen atoms in total. The Labute approximate surface area is 163 Å². The van der Waals surface area contributed by atoms with Crippen LogP contribution < -0.4 is 4.72 Å². The Bertz CT molecular complexity index is 944. The van der Waals surface area contributed by atoms with Crippen molar-refractivity contribution in [2.45, 2.75) is 24.7 Å². The Kier molecular flexibility index (Phi) is 5.72. The van der Waals surface area contributed by atoms with Gasteiger partial charge in [0.2, 0.25) is 0 Å². The van der Waals surface area contributed by atoms with Crippen LogP contribution in [0.4, 0.5) is 10.1 Å². The lowest BCUT2D eigenvalue weighted by molar-refractivity contribution is 0.0757. The summed E-state index contributed by atoms with van der Waals surface area (Å²) in [5.74, 6) is -0.156. The fraction of sp³-hybridized carbons (Fsp3) is 0.316. The van der Waals surface area contributed by atoms with Crippen LogP contribution in [0.1, 0.15) is 30.1 Å². The second-order valence-corrected chi connectivity index (χ2v) is 8.64. The molecule has 1 aliphatic carbocycles. The minimum Gasteiger partial charge on any atom is -0.339 e. The van der Waals surface area contributed by atoms with Crippen LogP contribution in [-0.2, 0) is 10.0 Å². The highest BCUT2D eigenvalue weighted by molar-refractivity contribution is 7.92. The lowest BCUT2D eigenvalue weighted by atomic mass is 10.1. The van der Waals surface area contributed by atoms with Gasteiger partial charge in [-0.1, -0.05) is 11.6 Å². The van der Waals surface area contributed by atoms with Gasteiger partial charge in [0.1, 0.15) is 5.82 Å². The van der Waals surface area contributed by atoms with Crippen LogP contribution in [-0.4, -0.2) is 32.3 Å². The van der Waals surface area contributed by atoms with E-state index >= 15 is 0 Å². The highest BCUT2D eigenvalue weighted by Gasteiger charge is 2.26. The maximum Gasteiger partial charge on any atom is 0.261 e. The van der Waals surface area contributed by atoms with Crippen molar-refractivity contribution in [1.82, 2.24) is 4.90 Å². The molecule has 1 amide bonds. The van der Waals surface area contributed by atoms with Gasteiger partial charge in [0.15, 0.2) is 0 Å². The zero-order valence-corrected chi connectivity index (χ0v) is 16.4. The number of nitrogens with one attached hydrogen (secondary N) is 1. The molecule has 0 saturated heterocycles. The van der Waals surface area contributed by atoms with Gasteiger partial charge in [0, 0.05) is 24.3 Å². The molecule has 1 fully saturated rings. The molecule has 0 atom stereocenters. The number of nitrogens with zero attached hydrogens (tertiary/aromatic N) is 1. The van der Waals surface area contributed by atoms with E-state index < -0.39 is 15.8 Å². The molecule has 1 saturated carbocycles. The molecule has 2 aromatic carbocycles. The van der Waals surface area contributed by atoms with Crippen LogP contribution in [0, 0.1) is 11.7 Å². The van der Waals surface area contributed by atoms with Crippen molar-refractivity contribution < 1.29 is 17.6 Å². The summed E-state index contributed by atoms with van der Waals surface area (Å²) in [5.41, 5.74) is 0.808. The third-order valence-electron chi connectivity index (χ3n) is 4.43. The second kappa shape index (κ2) is 7.86. The third kappa shape index (κ3) is 4.78. The van der Waals surface area contributed by atoms with Crippen LogP contribution in [0.5, 0.6) is 0 Å². The second-order valence-electron chi connectivity index (χ2n) is 6.55. The number of hydrogen-bond acceptors (Lipinski definition) is 3. The molecule has 0 aliphatic heterocycles. The van der Waals surface area contributed by atoms with E-state index in [2.05, 4.69) is 4.72 Å². The highest BCUT2D eigenvalue weighted by Crippen LogP contribution is 2.30. The molecule has 144 valence electrons. The summed E-state index contributed by atoms with van der Waals surface area (Å²) < 4.78 is 40.4. The summed E-state index contributed by atoms with van der Waals surface area (Å²) in [6, 6.07) is 9.42. The van der Waals surface area contributed by atoms with E-state index in [9.17, 15) is 17.6 Å². The fourth-order valence-corrected chi connectivity index (χ4v) is 4.02. The molecule has 1 aliphatic rings. The topological polar surface area (TPSA) is 66.5 Å². The molecule has 0 spiro atoms. The molecule has 1 N–H and O–H groups in total. The zero-order valence-electron chi connectivity index (χ0n) is 14.8. The molecule has 27 heavy (non-hydrogen) atoms. The number of carbonyl (C=O) groups is 1. The first-order valence-electron chi connectivity index (χ1n) is 8.67. The van der Waals surface area contributed by atoms with Gasteiger partial charge in [-0.2, -0.15) is 0 Å². The average molecular weight is 411 g/mol. The molecule has 0 aromatic heterocycles. The number of amides is 1. The van der Waals surface area contributed by atoms with Crippen LogP contribution in [0.3, 0.4) is 0 Å². The quantitative estimate of drug-likeness (QED) is 0.745. The number of carbonyl (C=O) groups excluding carboxylic acids is 1. The van der Waals surface area contributed by atoms with E-state index in [0.717, 1.165) is 37.6 Å². The number of anilines is 1. The largest absolute Gasteiger partial charge is 0.339 e. The van der Waals surface area contributed by atoms with Crippen molar-refractivity contribution in [3.63, 3.8) is 0 Å². The fourth-order valence-electron chi connectivity index (χ4n) is 2.69. The van der Waals surface area contributed by atoms with Crippen molar-refractivity contribution in [2.24, 2.45) is 5.92 Å². The maximum atomic E-state index is 13.2. The first kappa shape index (κ1) is 19.6. The Balaban J connectivity index is 1.72. The van der Waals surface area contributed by atoms with Crippen LogP contribution in [0.25, 0.3) is 0 Å². The Hall–Kier alpha value is -2.12. The van der Waals surface area contributed by atoms with Crippen LogP contribution in [0.15, 0.2) is 47.4 Å². The van der Waals surface area contributed by atoms with Crippen molar-refractivity contribution in [3.8, 4) is 0 Å². The predicted molar refractivity (Wildman–Crippen MR) is 103 cm³/mol. The van der Waals surface area contributed by atoms with Gasteiger partial charge in [-0.05, 0) is 68.1 Å². The van der Waals surface area contributed by atoms with E-state index in [0.29, 0.717) is 23.7 Å². The maximum absolute atomic E-state index is 13.2. The number of hydrogen-bond donors (Lipinski definition) is 1. The Morgan fingerprint density at radius 1 is 1.22 bits per heavy atom. The van der Waals surface area contributed by atoms with Gasteiger partial charge in [-0.25, -0.2) is 12.8 Å². The standard InChI is InChI=1S/C19H20ClFN2O3S/c1-2-23(12-13-3-4-13)19(24)14-5-7-15(8-6-14)22-27(25,26)16-9-10-18(21)17(20)11-16/h5-11,13,22H,2-4,12H2,1H3. The van der Waals surface area contributed by atoms with Gasteiger partial charge in [0.25, 0.3) is 15.9 Å². The Morgan fingerprint density at radius 2 is 1.89 bits per heavy atom. The first-order chi connectivity index (χ1) is 12.8. The smallest absolute Gasteiger partial charge is 0.261 e. The molecule has 0 heterocycles. The van der Waals surface area contributed by atoms with E-state index in [1.165, 1.54) is 12.1 Å². The molecule has 0 radical (unpaired) electrons. The molecule has 8 heteroatoms. The van der Waals surface area contributed by atoms with E-state index in [-0.39, 0.29) is 15.8 Å². The number of benzene rings is 2. The van der Waals surface area contributed by atoms with Gasteiger partial charge in [-0.15, -0.1) is 0 Å². The van der Waals surface area contributed by atoms with Crippen molar-refractivity contribution >= 4 is 33.2 Å². The minimum absolute atomic E-state index is 0.0656. The highest BCUT2D eigenvalue weighted by atomic mass is 35.5. The lowest BCUT2D eigenvalue weighted by Gasteiger charge is -2.21. The summed E-state index contributed by atoms with van der Waals surface area (Å²) in [5, 5.41) is -0.269. The first-order valence-corrected chi connectivity index (χ1v) is 10.5. The SMILES string of the molecule is CCN(CC1CC1)C(=O)c1ccc(NS(=O)(=O)c2ccc(F)c(Cl)c2)cc1. The van der Waals surface area contributed by atoms with Gasteiger partial charge >= 0.3 is 0 Å². The average Bonchev–Trinajstić information content (AvgIpc) is 3.46. The van der Waals surface area contributed by atoms with E-state index in [1.54, 1.807) is 17.0 Å². The summed E-state index contributed by atoms with van der Waals surface area (Å²) in [6.45, 7) is 3.33. The molecular weight excluding hydrogens is 391 g/mol. The van der Waals surface area contributed by atoms with Crippen molar-refractivity contribution in [3.05, 3.63) is 58.9 Å². The molecule has 0 bridgehead atoms.